The topological polar surface area (TPSA) is 70.8 Å². The number of imidazole rings is 1. The van der Waals surface area contributed by atoms with Crippen LogP contribution >= 0.6 is 0 Å². The van der Waals surface area contributed by atoms with E-state index < -0.39 is 0 Å². The molecule has 0 atom stereocenters. The van der Waals surface area contributed by atoms with E-state index in [1.165, 1.54) is 0 Å². The minimum absolute atomic E-state index is 0.0765. The molecule has 0 amide bonds. The van der Waals surface area contributed by atoms with Gasteiger partial charge in [-0.1, -0.05) is 0 Å². The number of aryl methyl sites for hydroxylation is 2. The van der Waals surface area contributed by atoms with Gasteiger partial charge in [0.1, 0.15) is 5.82 Å². The predicted molar refractivity (Wildman–Crippen MR) is 63.6 cm³/mol. The van der Waals surface area contributed by atoms with Crippen molar-refractivity contribution in [3.63, 3.8) is 0 Å². The van der Waals surface area contributed by atoms with E-state index in [1.807, 2.05) is 23.2 Å². The van der Waals surface area contributed by atoms with Crippen molar-refractivity contribution in [1.29, 1.82) is 0 Å². The molecule has 1 saturated carbocycles. The second-order valence-corrected chi connectivity index (χ2v) is 4.42. The Labute approximate surface area is 98.3 Å². The molecule has 0 bridgehead atoms. The molecular formula is C11H15N5O. The Bertz CT molecular complexity index is 575. The first-order valence-electron chi connectivity index (χ1n) is 5.80. The van der Waals surface area contributed by atoms with E-state index in [1.54, 1.807) is 15.3 Å². The van der Waals surface area contributed by atoms with Gasteiger partial charge in [0.05, 0.1) is 6.54 Å². The average Bonchev–Trinajstić information content (AvgIpc) is 2.97. The van der Waals surface area contributed by atoms with E-state index in [4.69, 9.17) is 5.73 Å². The summed E-state index contributed by atoms with van der Waals surface area (Å²) in [5.41, 5.74) is 5.60. The third-order valence-corrected chi connectivity index (χ3v) is 3.05. The lowest BCUT2D eigenvalue weighted by atomic mass is 10.6. The first-order valence-corrected chi connectivity index (χ1v) is 5.80. The lowest BCUT2D eigenvalue weighted by Gasteiger charge is -2.02. The van der Waals surface area contributed by atoms with Crippen LogP contribution in [0.5, 0.6) is 0 Å². The van der Waals surface area contributed by atoms with Crippen molar-refractivity contribution in [3.05, 3.63) is 35.1 Å². The van der Waals surface area contributed by atoms with Gasteiger partial charge in [0.2, 0.25) is 0 Å². The molecule has 1 aliphatic carbocycles. The highest BCUT2D eigenvalue weighted by Crippen LogP contribution is 2.33. The molecule has 6 heteroatoms. The summed E-state index contributed by atoms with van der Waals surface area (Å²) in [5, 5.41) is 4.08. The van der Waals surface area contributed by atoms with Crippen LogP contribution in [0.2, 0.25) is 0 Å². The molecule has 2 aromatic heterocycles. The van der Waals surface area contributed by atoms with Gasteiger partial charge in [-0.3, -0.25) is 13.8 Å². The van der Waals surface area contributed by atoms with Crippen LogP contribution in [0.15, 0.2) is 29.5 Å². The van der Waals surface area contributed by atoms with Crippen molar-refractivity contribution in [2.45, 2.75) is 32.0 Å². The van der Waals surface area contributed by atoms with Gasteiger partial charge >= 0.3 is 5.69 Å². The Morgan fingerprint density at radius 2 is 2.12 bits per heavy atom. The summed E-state index contributed by atoms with van der Waals surface area (Å²) in [5.74, 6) is 0.507. The summed E-state index contributed by atoms with van der Waals surface area (Å²) >= 11 is 0. The van der Waals surface area contributed by atoms with Gasteiger partial charge < -0.3 is 5.73 Å². The fraction of sp³-hybridized carbons (Fsp3) is 0.455. The van der Waals surface area contributed by atoms with Gasteiger partial charge in [-0.25, -0.2) is 4.79 Å². The minimum Gasteiger partial charge on any atom is -0.382 e. The van der Waals surface area contributed by atoms with Crippen molar-refractivity contribution < 1.29 is 0 Å². The van der Waals surface area contributed by atoms with E-state index in [0.717, 1.165) is 12.8 Å². The number of nitrogen functional groups attached to an aromatic ring is 1. The quantitative estimate of drug-likeness (QED) is 0.834. The fourth-order valence-corrected chi connectivity index (χ4v) is 1.94. The molecule has 1 fully saturated rings. The van der Waals surface area contributed by atoms with Crippen molar-refractivity contribution >= 4 is 5.82 Å². The molecular weight excluding hydrogens is 218 g/mol. The number of aromatic nitrogens is 4. The maximum atomic E-state index is 11.9. The molecule has 90 valence electrons. The van der Waals surface area contributed by atoms with Gasteiger partial charge in [-0.15, -0.1) is 0 Å². The minimum atomic E-state index is 0.0765. The molecule has 17 heavy (non-hydrogen) atoms. The Morgan fingerprint density at radius 1 is 1.29 bits per heavy atom. The molecule has 0 aliphatic heterocycles. The Morgan fingerprint density at radius 3 is 2.76 bits per heavy atom. The summed E-state index contributed by atoms with van der Waals surface area (Å²) in [4.78, 5) is 11.9. The van der Waals surface area contributed by atoms with Crippen molar-refractivity contribution in [3.8, 4) is 0 Å². The molecule has 3 rings (SSSR count). The van der Waals surface area contributed by atoms with Gasteiger partial charge in [-0.05, 0) is 18.9 Å². The van der Waals surface area contributed by atoms with E-state index in [2.05, 4.69) is 5.10 Å². The van der Waals surface area contributed by atoms with E-state index in [-0.39, 0.29) is 5.69 Å². The highest BCUT2D eigenvalue weighted by Gasteiger charge is 2.25. The fourth-order valence-electron chi connectivity index (χ4n) is 1.94. The van der Waals surface area contributed by atoms with Crippen LogP contribution < -0.4 is 11.4 Å². The number of nitrogens with zero attached hydrogens (tertiary/aromatic N) is 4. The molecule has 0 spiro atoms. The molecule has 0 aromatic carbocycles. The van der Waals surface area contributed by atoms with Gasteiger partial charge in [0.25, 0.3) is 0 Å². The largest absolute Gasteiger partial charge is 0.382 e. The molecule has 0 unspecified atom stereocenters. The highest BCUT2D eigenvalue weighted by molar-refractivity contribution is 5.23. The second kappa shape index (κ2) is 3.80. The van der Waals surface area contributed by atoms with Crippen LogP contribution in [0, 0.1) is 0 Å². The van der Waals surface area contributed by atoms with Crippen LogP contribution in [0.3, 0.4) is 0 Å². The molecule has 0 radical (unpaired) electrons. The Kier molecular flexibility index (Phi) is 2.28. The molecule has 6 nitrogen and oxygen atoms in total. The zero-order valence-electron chi connectivity index (χ0n) is 9.49. The van der Waals surface area contributed by atoms with Crippen LogP contribution in [-0.4, -0.2) is 18.9 Å². The van der Waals surface area contributed by atoms with Crippen LogP contribution in [0.4, 0.5) is 5.82 Å². The summed E-state index contributed by atoms with van der Waals surface area (Å²) in [7, 11) is 0. The smallest absolute Gasteiger partial charge is 0.328 e. The number of anilines is 1. The standard InChI is InChI=1S/C11H15N5O/c12-10-3-4-15(13-10)7-5-14-6-8-16(11(14)17)9-1-2-9/h3-4,6,8-9H,1-2,5,7H2,(H2,12,13). The van der Waals surface area contributed by atoms with Gasteiger partial charge in [0, 0.05) is 31.2 Å². The molecule has 1 aliphatic rings. The van der Waals surface area contributed by atoms with Crippen molar-refractivity contribution in [2.75, 3.05) is 5.73 Å². The number of nitrogens with two attached hydrogens (primary N) is 1. The maximum Gasteiger partial charge on any atom is 0.328 e. The summed E-state index contributed by atoms with van der Waals surface area (Å²) in [6.45, 7) is 1.28. The average molecular weight is 233 g/mol. The zero-order chi connectivity index (χ0) is 11.8. The number of rotatable bonds is 4. The lowest BCUT2D eigenvalue weighted by molar-refractivity contribution is 0.516. The Hall–Kier alpha value is -1.98. The van der Waals surface area contributed by atoms with Crippen LogP contribution in [0.25, 0.3) is 0 Å². The highest BCUT2D eigenvalue weighted by atomic mass is 16.1. The summed E-state index contributed by atoms with van der Waals surface area (Å²) < 4.78 is 5.28. The predicted octanol–water partition coefficient (Wildman–Crippen LogP) is 0.464. The lowest BCUT2D eigenvalue weighted by Crippen LogP contribution is -2.25. The SMILES string of the molecule is Nc1ccn(CCn2ccn(C3CC3)c2=O)n1. The zero-order valence-corrected chi connectivity index (χ0v) is 9.49. The monoisotopic (exact) mass is 233 g/mol. The second-order valence-electron chi connectivity index (χ2n) is 4.42. The van der Waals surface area contributed by atoms with Gasteiger partial charge in [0.15, 0.2) is 0 Å². The molecule has 0 saturated heterocycles. The van der Waals surface area contributed by atoms with Crippen molar-refractivity contribution in [1.82, 2.24) is 18.9 Å². The Balaban J connectivity index is 1.71. The molecule has 2 N–H and O–H groups in total. The summed E-state index contributed by atoms with van der Waals surface area (Å²) in [6.07, 6.45) is 7.78. The normalized spacial score (nSPS) is 15.3. The maximum absolute atomic E-state index is 11.9. The van der Waals surface area contributed by atoms with E-state index in [0.29, 0.717) is 24.9 Å². The van der Waals surface area contributed by atoms with Crippen LogP contribution in [-0.2, 0) is 13.1 Å². The summed E-state index contributed by atoms with van der Waals surface area (Å²) in [6, 6.07) is 2.18. The van der Waals surface area contributed by atoms with Crippen molar-refractivity contribution in [2.24, 2.45) is 0 Å². The first kappa shape index (κ1) is 10.2. The first-order chi connectivity index (χ1) is 8.24. The molecule has 2 aromatic rings. The van der Waals surface area contributed by atoms with E-state index >= 15 is 0 Å². The number of hydrogen-bond donors (Lipinski definition) is 1. The third-order valence-electron chi connectivity index (χ3n) is 3.05. The van der Waals surface area contributed by atoms with Gasteiger partial charge in [-0.2, -0.15) is 5.10 Å². The number of hydrogen-bond acceptors (Lipinski definition) is 3. The van der Waals surface area contributed by atoms with E-state index in [9.17, 15) is 4.79 Å². The van der Waals surface area contributed by atoms with Crippen LogP contribution in [0.1, 0.15) is 18.9 Å². The molecule has 2 heterocycles. The third kappa shape index (κ3) is 1.98.